The van der Waals surface area contributed by atoms with E-state index >= 15 is 0 Å². The first-order chi connectivity index (χ1) is 19.4. The molecule has 5 heterocycles. The molecule has 2 aliphatic heterocycles. The summed E-state index contributed by atoms with van der Waals surface area (Å²) in [4.78, 5) is 29.1. The van der Waals surface area contributed by atoms with E-state index in [0.717, 1.165) is 16.1 Å². The number of nitrogens with one attached hydrogen (secondary N) is 1. The van der Waals surface area contributed by atoms with Crippen LogP contribution in [0.1, 0.15) is 60.7 Å². The maximum absolute atomic E-state index is 12.4. The Kier molecular flexibility index (Phi) is 7.29. The number of nitrogens with two attached hydrogens (primary N) is 1. The van der Waals surface area contributed by atoms with Crippen LogP contribution in [0.3, 0.4) is 0 Å². The van der Waals surface area contributed by atoms with Crippen LogP contribution in [0.15, 0.2) is 42.7 Å². The summed E-state index contributed by atoms with van der Waals surface area (Å²) in [6, 6.07) is 10.7. The lowest BCUT2D eigenvalue weighted by atomic mass is 9.83. The first-order valence-corrected chi connectivity index (χ1v) is 14.6. The minimum Gasteiger partial charge on any atom is -0.489 e. The third-order valence-corrected chi connectivity index (χ3v) is 8.90. The van der Waals surface area contributed by atoms with Crippen LogP contribution < -0.4 is 20.5 Å². The van der Waals surface area contributed by atoms with Crippen molar-refractivity contribution in [1.82, 2.24) is 19.9 Å². The number of methoxy groups -OCH3 is 1. The summed E-state index contributed by atoms with van der Waals surface area (Å²) in [5.41, 5.74) is 9.73. The molecule has 208 valence electrons. The minimum atomic E-state index is -0.537. The number of nitrogens with zero attached hydrogens (tertiary/aromatic N) is 4. The average Bonchev–Trinajstić information content (AvgIpc) is 3.58. The van der Waals surface area contributed by atoms with E-state index in [1.54, 1.807) is 25.6 Å². The molecule has 4 aromatic rings. The van der Waals surface area contributed by atoms with Crippen LogP contribution in [0.5, 0.6) is 11.6 Å². The lowest BCUT2D eigenvalue weighted by Crippen LogP contribution is -2.39. The Morgan fingerprint density at radius 2 is 2.00 bits per heavy atom. The Labute approximate surface area is 237 Å². The zero-order valence-corrected chi connectivity index (χ0v) is 23.8. The summed E-state index contributed by atoms with van der Waals surface area (Å²) < 4.78 is 12.5. The van der Waals surface area contributed by atoms with E-state index < -0.39 is 5.91 Å². The van der Waals surface area contributed by atoms with E-state index in [2.05, 4.69) is 38.4 Å². The van der Waals surface area contributed by atoms with Crippen molar-refractivity contribution in [3.63, 3.8) is 0 Å². The van der Waals surface area contributed by atoms with Crippen LogP contribution in [-0.2, 0) is 0 Å². The Hall–Kier alpha value is -3.76. The van der Waals surface area contributed by atoms with Crippen LogP contribution >= 0.6 is 11.3 Å². The summed E-state index contributed by atoms with van der Waals surface area (Å²) >= 11 is 1.26. The molecule has 2 aliphatic rings. The molecule has 9 nitrogen and oxygen atoms in total. The van der Waals surface area contributed by atoms with Crippen molar-refractivity contribution in [2.75, 3.05) is 25.5 Å². The van der Waals surface area contributed by atoms with E-state index in [4.69, 9.17) is 20.2 Å². The monoisotopic (exact) mass is 558 g/mol. The lowest BCUT2D eigenvalue weighted by Gasteiger charge is -2.37. The van der Waals surface area contributed by atoms with Crippen molar-refractivity contribution in [2.45, 2.75) is 57.6 Å². The fourth-order valence-electron chi connectivity index (χ4n) is 6.15. The number of anilines is 2. The standard InChI is InChI=1S/C30H34N6O3S/c1-17(2)39-23-15-18(19-8-5-13-36-14-6-9-22(19)36)10-11-21(23)34-30-33-16-24-26(35-30)25(27(40-24)28(31)37)20-7-4-12-32-29(20)38-3/h4,7,10-12,15-17,19,22H,5-6,8-9,13-14H2,1-3H3,(H2,31,37)(H,33,34,35)/t19-,22+/m0/s1. The van der Waals surface area contributed by atoms with Gasteiger partial charge in [0.15, 0.2) is 0 Å². The zero-order valence-electron chi connectivity index (χ0n) is 23.0. The van der Waals surface area contributed by atoms with Crippen LogP contribution in [0.25, 0.3) is 21.3 Å². The number of hydrogen-bond acceptors (Lipinski definition) is 9. The maximum Gasteiger partial charge on any atom is 0.259 e. The van der Waals surface area contributed by atoms with Gasteiger partial charge in [0.25, 0.3) is 5.91 Å². The Morgan fingerprint density at radius 3 is 2.77 bits per heavy atom. The van der Waals surface area contributed by atoms with E-state index in [1.165, 1.54) is 55.7 Å². The predicted molar refractivity (Wildman–Crippen MR) is 158 cm³/mol. The van der Waals surface area contributed by atoms with Crippen LogP contribution in [-0.4, -0.2) is 58.1 Å². The number of rotatable bonds is 8. The Morgan fingerprint density at radius 1 is 1.18 bits per heavy atom. The number of ether oxygens (including phenoxy) is 2. The molecule has 0 saturated carbocycles. The molecule has 3 aromatic heterocycles. The van der Waals surface area contributed by atoms with Crippen molar-refractivity contribution in [2.24, 2.45) is 5.73 Å². The molecule has 0 aliphatic carbocycles. The number of amides is 1. The van der Waals surface area contributed by atoms with Gasteiger partial charge in [-0.3, -0.25) is 9.69 Å². The third-order valence-electron chi connectivity index (χ3n) is 7.77. The molecule has 40 heavy (non-hydrogen) atoms. The highest BCUT2D eigenvalue weighted by Gasteiger charge is 2.35. The van der Waals surface area contributed by atoms with E-state index in [-0.39, 0.29) is 6.10 Å². The van der Waals surface area contributed by atoms with Gasteiger partial charge in [-0.1, -0.05) is 6.07 Å². The summed E-state index contributed by atoms with van der Waals surface area (Å²) in [6.07, 6.45) is 8.33. The van der Waals surface area contributed by atoms with Crippen molar-refractivity contribution >= 4 is 39.1 Å². The summed E-state index contributed by atoms with van der Waals surface area (Å²) in [6.45, 7) is 6.48. The molecule has 2 atom stereocenters. The number of benzene rings is 1. The molecule has 3 N–H and O–H groups in total. The van der Waals surface area contributed by atoms with Gasteiger partial charge in [-0.15, -0.1) is 11.3 Å². The average molecular weight is 559 g/mol. The molecule has 1 amide bonds. The number of carbonyl (C=O) groups is 1. The summed E-state index contributed by atoms with van der Waals surface area (Å²) in [7, 11) is 1.55. The topological polar surface area (TPSA) is 115 Å². The van der Waals surface area contributed by atoms with Crippen molar-refractivity contribution in [1.29, 1.82) is 0 Å². The van der Waals surface area contributed by atoms with Crippen LogP contribution in [0.4, 0.5) is 11.6 Å². The molecule has 0 unspecified atom stereocenters. The van der Waals surface area contributed by atoms with Gasteiger partial charge in [-0.25, -0.2) is 15.0 Å². The highest BCUT2D eigenvalue weighted by molar-refractivity contribution is 7.21. The molecular weight excluding hydrogens is 524 g/mol. The normalized spacial score (nSPS) is 19.1. The molecule has 0 radical (unpaired) electrons. The molecular formula is C30H34N6O3S. The highest BCUT2D eigenvalue weighted by atomic mass is 32.1. The first kappa shape index (κ1) is 26.5. The number of thiophene rings is 1. The van der Waals surface area contributed by atoms with Gasteiger partial charge >= 0.3 is 0 Å². The molecule has 10 heteroatoms. The van der Waals surface area contributed by atoms with E-state index in [1.807, 2.05) is 19.9 Å². The quantitative estimate of drug-likeness (QED) is 0.282. The number of pyridine rings is 1. The number of aromatic nitrogens is 3. The maximum atomic E-state index is 12.4. The van der Waals surface area contributed by atoms with Crippen molar-refractivity contribution in [3.8, 4) is 22.8 Å². The lowest BCUT2D eigenvalue weighted by molar-refractivity contribution is 0.100. The summed E-state index contributed by atoms with van der Waals surface area (Å²) in [5.74, 6) is 1.55. The number of piperidine rings is 1. The van der Waals surface area contributed by atoms with Gasteiger partial charge < -0.3 is 20.5 Å². The highest BCUT2D eigenvalue weighted by Crippen LogP contribution is 2.43. The Balaban J connectivity index is 1.38. The van der Waals surface area contributed by atoms with Gasteiger partial charge in [-0.05, 0) is 88.4 Å². The van der Waals surface area contributed by atoms with Crippen LogP contribution in [0, 0.1) is 0 Å². The fourth-order valence-corrected chi connectivity index (χ4v) is 7.12. The number of primary amides is 1. The number of fused-ring (bicyclic) bond motifs is 2. The van der Waals surface area contributed by atoms with Gasteiger partial charge in [0.1, 0.15) is 10.6 Å². The largest absolute Gasteiger partial charge is 0.489 e. The predicted octanol–water partition coefficient (Wildman–Crippen LogP) is 5.73. The van der Waals surface area contributed by atoms with Gasteiger partial charge in [0.2, 0.25) is 11.8 Å². The van der Waals surface area contributed by atoms with E-state index in [0.29, 0.717) is 45.3 Å². The fraction of sp³-hybridized carbons (Fsp3) is 0.400. The second-order valence-corrected chi connectivity index (χ2v) is 11.7. The van der Waals surface area contributed by atoms with Crippen molar-refractivity contribution < 1.29 is 14.3 Å². The Bertz CT molecular complexity index is 1550. The first-order valence-electron chi connectivity index (χ1n) is 13.8. The SMILES string of the molecule is COc1ncccc1-c1c(C(N)=O)sc2cnc(Nc3ccc([C@@H]4CCCN5CCC[C@H]45)cc3OC(C)C)nc12. The van der Waals surface area contributed by atoms with Crippen molar-refractivity contribution in [3.05, 3.63) is 53.2 Å². The molecule has 2 fully saturated rings. The molecule has 1 aromatic carbocycles. The zero-order chi connectivity index (χ0) is 27.8. The second kappa shape index (κ2) is 11.0. The van der Waals surface area contributed by atoms with Gasteiger partial charge in [-0.2, -0.15) is 0 Å². The molecule has 0 bridgehead atoms. The van der Waals surface area contributed by atoms with Crippen LogP contribution in [0.2, 0.25) is 0 Å². The molecule has 0 spiro atoms. The minimum absolute atomic E-state index is 0.00757. The second-order valence-electron chi connectivity index (χ2n) is 10.7. The smallest absolute Gasteiger partial charge is 0.259 e. The summed E-state index contributed by atoms with van der Waals surface area (Å²) in [5, 5.41) is 3.38. The molecule has 6 rings (SSSR count). The van der Waals surface area contributed by atoms with E-state index in [9.17, 15) is 4.79 Å². The number of carbonyl (C=O) groups excluding carboxylic acids is 1. The molecule has 2 saturated heterocycles. The van der Waals surface area contributed by atoms with Gasteiger partial charge in [0.05, 0.1) is 35.3 Å². The third kappa shape index (κ3) is 4.97. The number of hydrogen-bond donors (Lipinski definition) is 2. The van der Waals surface area contributed by atoms with Gasteiger partial charge in [0, 0.05) is 23.4 Å².